The van der Waals surface area contributed by atoms with Crippen LogP contribution < -0.4 is 10.0 Å². The molecule has 2 N–H and O–H groups in total. The van der Waals surface area contributed by atoms with Gasteiger partial charge in [-0.3, -0.25) is 9.52 Å². The Morgan fingerprint density at radius 1 is 1.07 bits per heavy atom. The number of rotatable bonds is 13. The maximum absolute atomic E-state index is 13.6. The number of imidazole rings is 1. The van der Waals surface area contributed by atoms with Crippen LogP contribution in [-0.2, 0) is 34.1 Å². The number of aryl methyl sites for hydroxylation is 3. The third-order valence-electron chi connectivity index (χ3n) is 7.19. The molecule has 0 aliphatic heterocycles. The van der Waals surface area contributed by atoms with E-state index >= 15 is 0 Å². The number of hydrogen-bond donors (Lipinski definition) is 2. The van der Waals surface area contributed by atoms with Crippen molar-refractivity contribution in [3.05, 3.63) is 88.2 Å². The number of benzene rings is 2. The summed E-state index contributed by atoms with van der Waals surface area (Å²) in [6.07, 6.45) is 2.35. The number of sulfonamides is 1. The summed E-state index contributed by atoms with van der Waals surface area (Å²) in [6.45, 7) is 9.99. The Balaban J connectivity index is 1.68. The van der Waals surface area contributed by atoms with Gasteiger partial charge in [0.25, 0.3) is 15.9 Å². The van der Waals surface area contributed by atoms with Crippen LogP contribution in [0.3, 0.4) is 0 Å². The Morgan fingerprint density at radius 2 is 1.79 bits per heavy atom. The minimum atomic E-state index is -4.05. The number of anilines is 1. The third kappa shape index (κ3) is 6.42. The topological polar surface area (TPSA) is 128 Å². The van der Waals surface area contributed by atoms with E-state index in [1.807, 2.05) is 47.9 Å². The Labute approximate surface area is 247 Å². The van der Waals surface area contributed by atoms with E-state index in [0.717, 1.165) is 41.1 Å². The van der Waals surface area contributed by atoms with Crippen LogP contribution in [0.1, 0.15) is 77.1 Å². The molecule has 1 amide bonds. The standard InChI is InChI=1S/C31H39N5O5S/c1-7-12-27-33-26(8-2)28(30(37)32-6)36(27)19-22-15-17-23(18-16-22)24-13-10-11-14-25(24)31(40-9-3)42(38,39)35-29-20(4)21(5)41-34-29/h10-11,13-18,31H,7-9,12,19H2,1-6H3,(H,32,37)(H,34,35). The smallest absolute Gasteiger partial charge is 0.269 e. The van der Waals surface area contributed by atoms with Gasteiger partial charge in [-0.25, -0.2) is 13.4 Å². The molecule has 4 aromatic rings. The summed E-state index contributed by atoms with van der Waals surface area (Å²) in [7, 11) is -2.42. The highest BCUT2D eigenvalue weighted by Gasteiger charge is 2.32. The van der Waals surface area contributed by atoms with Gasteiger partial charge in [0.15, 0.2) is 5.82 Å². The number of amides is 1. The predicted octanol–water partition coefficient (Wildman–Crippen LogP) is 5.55. The highest BCUT2D eigenvalue weighted by atomic mass is 32.2. The lowest BCUT2D eigenvalue weighted by Gasteiger charge is -2.21. The van der Waals surface area contributed by atoms with Gasteiger partial charge >= 0.3 is 0 Å². The fraction of sp³-hybridized carbons (Fsp3) is 0.387. The summed E-state index contributed by atoms with van der Waals surface area (Å²) in [5.74, 6) is 1.41. The third-order valence-corrected chi connectivity index (χ3v) is 8.62. The molecule has 2 aromatic heterocycles. The Bertz CT molecular complexity index is 1640. The molecule has 11 heteroatoms. The van der Waals surface area contributed by atoms with Gasteiger partial charge in [-0.15, -0.1) is 0 Å². The predicted molar refractivity (Wildman–Crippen MR) is 163 cm³/mol. The van der Waals surface area contributed by atoms with Crippen LogP contribution in [0.2, 0.25) is 0 Å². The number of carbonyl (C=O) groups is 1. The zero-order chi connectivity index (χ0) is 30.4. The first-order chi connectivity index (χ1) is 20.1. The molecule has 10 nitrogen and oxygen atoms in total. The summed E-state index contributed by atoms with van der Waals surface area (Å²) in [6, 6.07) is 15.2. The van der Waals surface area contributed by atoms with Crippen molar-refractivity contribution in [3.63, 3.8) is 0 Å². The number of nitrogens with zero attached hydrogens (tertiary/aromatic N) is 3. The van der Waals surface area contributed by atoms with Gasteiger partial charge in [0.2, 0.25) is 5.44 Å². The van der Waals surface area contributed by atoms with Crippen LogP contribution in [0.5, 0.6) is 0 Å². The highest BCUT2D eigenvalue weighted by molar-refractivity contribution is 7.92. The van der Waals surface area contributed by atoms with Crippen LogP contribution in [0.15, 0.2) is 53.1 Å². The zero-order valence-electron chi connectivity index (χ0n) is 25.0. The Morgan fingerprint density at radius 3 is 2.38 bits per heavy atom. The van der Waals surface area contributed by atoms with Crippen molar-refractivity contribution in [2.24, 2.45) is 0 Å². The fourth-order valence-corrected chi connectivity index (χ4v) is 6.32. The minimum Gasteiger partial charge on any atom is -0.359 e. The van der Waals surface area contributed by atoms with Crippen molar-refractivity contribution >= 4 is 21.7 Å². The second-order valence-corrected chi connectivity index (χ2v) is 11.7. The Hall–Kier alpha value is -3.96. The molecule has 0 spiro atoms. The van der Waals surface area contributed by atoms with Crippen LogP contribution in [-0.4, -0.2) is 42.7 Å². The second kappa shape index (κ2) is 13.3. The van der Waals surface area contributed by atoms with Gasteiger partial charge in [-0.1, -0.05) is 67.5 Å². The molecule has 1 unspecified atom stereocenters. The number of nitrogens with one attached hydrogen (secondary N) is 2. The number of carbonyl (C=O) groups excluding carboxylic acids is 1. The molecule has 2 heterocycles. The monoisotopic (exact) mass is 593 g/mol. The van der Waals surface area contributed by atoms with E-state index < -0.39 is 15.5 Å². The van der Waals surface area contributed by atoms with Crippen LogP contribution in [0.4, 0.5) is 5.82 Å². The van der Waals surface area contributed by atoms with Gasteiger partial charge in [-0.05, 0) is 50.3 Å². The van der Waals surface area contributed by atoms with Crippen molar-refractivity contribution in [1.82, 2.24) is 20.0 Å². The average Bonchev–Trinajstić information content (AvgIpc) is 3.49. The summed E-state index contributed by atoms with van der Waals surface area (Å²) < 4.78 is 42.6. The summed E-state index contributed by atoms with van der Waals surface area (Å²) >= 11 is 0. The first-order valence-corrected chi connectivity index (χ1v) is 15.7. The lowest BCUT2D eigenvalue weighted by Crippen LogP contribution is -2.25. The lowest BCUT2D eigenvalue weighted by atomic mass is 9.99. The van der Waals surface area contributed by atoms with E-state index in [1.54, 1.807) is 40.0 Å². The Kier molecular flexibility index (Phi) is 9.85. The van der Waals surface area contributed by atoms with Crippen molar-refractivity contribution in [1.29, 1.82) is 0 Å². The van der Waals surface area contributed by atoms with E-state index in [9.17, 15) is 13.2 Å². The van der Waals surface area contributed by atoms with E-state index in [-0.39, 0.29) is 18.3 Å². The molecule has 1 atom stereocenters. The zero-order valence-corrected chi connectivity index (χ0v) is 25.8. The molecular formula is C31H39N5O5S. The van der Waals surface area contributed by atoms with Gasteiger partial charge < -0.3 is 19.1 Å². The maximum Gasteiger partial charge on any atom is 0.269 e. The van der Waals surface area contributed by atoms with Crippen LogP contribution >= 0.6 is 0 Å². The summed E-state index contributed by atoms with van der Waals surface area (Å²) in [5, 5.41) is 6.61. The van der Waals surface area contributed by atoms with Crippen LogP contribution in [0.25, 0.3) is 11.1 Å². The van der Waals surface area contributed by atoms with E-state index in [0.29, 0.717) is 35.5 Å². The molecule has 2 aromatic carbocycles. The number of hydrogen-bond acceptors (Lipinski definition) is 7. The van der Waals surface area contributed by atoms with Crippen molar-refractivity contribution in [2.75, 3.05) is 18.4 Å². The number of ether oxygens (including phenoxy) is 1. The number of aromatic nitrogens is 3. The molecule has 0 radical (unpaired) electrons. The minimum absolute atomic E-state index is 0.142. The summed E-state index contributed by atoms with van der Waals surface area (Å²) in [4.78, 5) is 17.6. The molecule has 0 aliphatic carbocycles. The molecular weight excluding hydrogens is 554 g/mol. The van der Waals surface area contributed by atoms with Crippen molar-refractivity contribution in [2.45, 2.75) is 65.9 Å². The van der Waals surface area contributed by atoms with E-state index in [1.165, 1.54) is 0 Å². The van der Waals surface area contributed by atoms with Gasteiger partial charge in [0, 0.05) is 37.7 Å². The first-order valence-electron chi connectivity index (χ1n) is 14.2. The van der Waals surface area contributed by atoms with E-state index in [2.05, 4.69) is 22.1 Å². The highest BCUT2D eigenvalue weighted by Crippen LogP contribution is 2.35. The molecule has 0 fully saturated rings. The fourth-order valence-electron chi connectivity index (χ4n) is 4.89. The lowest BCUT2D eigenvalue weighted by molar-refractivity contribution is 0.0953. The molecule has 42 heavy (non-hydrogen) atoms. The second-order valence-electron chi connectivity index (χ2n) is 10.0. The largest absolute Gasteiger partial charge is 0.359 e. The van der Waals surface area contributed by atoms with Crippen molar-refractivity contribution in [3.8, 4) is 11.1 Å². The van der Waals surface area contributed by atoms with Gasteiger partial charge in [0.1, 0.15) is 17.3 Å². The quantitative estimate of drug-likeness (QED) is 0.208. The molecule has 4 rings (SSSR count). The maximum atomic E-state index is 13.6. The normalized spacial score (nSPS) is 12.3. The molecule has 0 bridgehead atoms. The first kappa shape index (κ1) is 31.0. The SMILES string of the molecule is CCCc1nc(CC)c(C(=O)NC)n1Cc1ccc(-c2ccccc2C(OCC)S(=O)(=O)Nc2noc(C)c2C)cc1. The average molecular weight is 594 g/mol. The molecule has 0 saturated heterocycles. The van der Waals surface area contributed by atoms with Gasteiger partial charge in [0.05, 0.1) is 5.69 Å². The van der Waals surface area contributed by atoms with E-state index in [4.69, 9.17) is 14.2 Å². The summed E-state index contributed by atoms with van der Waals surface area (Å²) in [5.41, 5.74) is 3.78. The van der Waals surface area contributed by atoms with Crippen molar-refractivity contribution < 1.29 is 22.5 Å². The van der Waals surface area contributed by atoms with Crippen LogP contribution in [0, 0.1) is 13.8 Å². The molecule has 0 aliphatic rings. The molecule has 224 valence electrons. The molecule has 0 saturated carbocycles. The van der Waals surface area contributed by atoms with Gasteiger partial charge in [-0.2, -0.15) is 0 Å².